The average Bonchev–Trinajstić information content (AvgIpc) is 3.48. The van der Waals surface area contributed by atoms with Crippen LogP contribution in [0.3, 0.4) is 0 Å². The summed E-state index contributed by atoms with van der Waals surface area (Å²) >= 11 is 0. The molecule has 11 nitrogen and oxygen atoms in total. The fourth-order valence-corrected chi connectivity index (χ4v) is 5.13. The summed E-state index contributed by atoms with van der Waals surface area (Å²) in [6, 6.07) is 6.12. The monoisotopic (exact) mass is 576 g/mol. The van der Waals surface area contributed by atoms with Gasteiger partial charge in [0.2, 0.25) is 5.91 Å². The van der Waals surface area contributed by atoms with Crippen molar-refractivity contribution in [3.63, 3.8) is 0 Å². The van der Waals surface area contributed by atoms with Crippen LogP contribution in [0.15, 0.2) is 36.9 Å². The van der Waals surface area contributed by atoms with Crippen LogP contribution in [0.4, 0.5) is 10.5 Å². The van der Waals surface area contributed by atoms with E-state index in [0.29, 0.717) is 23.1 Å². The molecule has 222 valence electrons. The Hall–Kier alpha value is -4.09. The first-order chi connectivity index (χ1) is 19.7. The summed E-state index contributed by atoms with van der Waals surface area (Å²) in [4.78, 5) is 59.7. The Balaban J connectivity index is 1.66. The highest BCUT2D eigenvalue weighted by Gasteiger charge is 2.62. The first-order valence-electron chi connectivity index (χ1n) is 13.8. The molecule has 42 heavy (non-hydrogen) atoms. The minimum atomic E-state index is -1.23. The van der Waals surface area contributed by atoms with E-state index >= 15 is 0 Å². The third-order valence-corrected chi connectivity index (χ3v) is 7.43. The number of aromatic nitrogens is 1. The molecule has 2 radical (unpaired) electrons. The molecule has 2 amide bonds. The molecule has 1 saturated carbocycles. The van der Waals surface area contributed by atoms with Crippen molar-refractivity contribution < 1.29 is 33.4 Å². The van der Waals surface area contributed by atoms with Crippen LogP contribution < -0.4 is 15.0 Å². The third-order valence-electron chi connectivity index (χ3n) is 7.43. The first kappa shape index (κ1) is 30.9. The minimum absolute atomic E-state index is 0.0306. The van der Waals surface area contributed by atoms with Crippen molar-refractivity contribution >= 4 is 48.2 Å². The highest BCUT2D eigenvalue weighted by Crippen LogP contribution is 2.45. The number of nitrogens with zero attached hydrogens (tertiary/aromatic N) is 3. The zero-order valence-electron chi connectivity index (χ0n) is 24.9. The van der Waals surface area contributed by atoms with Gasteiger partial charge in [-0.25, -0.2) is 14.6 Å². The van der Waals surface area contributed by atoms with Crippen molar-refractivity contribution in [3.8, 4) is 5.75 Å². The second-order valence-corrected chi connectivity index (χ2v) is 11.9. The second kappa shape index (κ2) is 11.7. The van der Waals surface area contributed by atoms with Gasteiger partial charge in [0, 0.05) is 43.6 Å². The van der Waals surface area contributed by atoms with Crippen LogP contribution in [0, 0.1) is 5.92 Å². The number of Topliss-reactive ketones (excluding diaryl/α,β-unsaturated/α-hetero) is 1. The van der Waals surface area contributed by atoms with Gasteiger partial charge in [0.1, 0.15) is 34.7 Å². The van der Waals surface area contributed by atoms with Crippen LogP contribution in [-0.2, 0) is 19.1 Å². The lowest BCUT2D eigenvalue weighted by Crippen LogP contribution is -2.53. The van der Waals surface area contributed by atoms with Gasteiger partial charge in [-0.1, -0.05) is 6.08 Å². The fraction of sp³-hybridized carbons (Fsp3) is 0.500. The molecule has 1 saturated heterocycles. The number of carbonyl (C=O) groups is 4. The molecule has 2 aromatic rings. The van der Waals surface area contributed by atoms with E-state index in [1.165, 1.54) is 18.1 Å². The highest BCUT2D eigenvalue weighted by molar-refractivity contribution is 6.23. The summed E-state index contributed by atoms with van der Waals surface area (Å²) in [5.74, 6) is -1.38. The molecule has 2 aliphatic rings. The van der Waals surface area contributed by atoms with Gasteiger partial charge in [0.25, 0.3) is 0 Å². The summed E-state index contributed by atoms with van der Waals surface area (Å²) in [7, 11) is 10.7. The molecule has 4 rings (SSSR count). The smallest absolute Gasteiger partial charge is 0.411 e. The molecule has 4 atom stereocenters. The lowest BCUT2D eigenvalue weighted by atomic mass is 9.98. The minimum Gasteiger partial charge on any atom is -0.488 e. The molecule has 1 aliphatic heterocycles. The summed E-state index contributed by atoms with van der Waals surface area (Å²) in [5.41, 5.74) is -0.468. The lowest BCUT2D eigenvalue weighted by Gasteiger charge is -2.28. The number of rotatable bonds is 9. The quantitative estimate of drug-likeness (QED) is 0.207. The number of benzene rings is 1. The van der Waals surface area contributed by atoms with E-state index in [-0.39, 0.29) is 36.7 Å². The third kappa shape index (κ3) is 6.22. The van der Waals surface area contributed by atoms with Gasteiger partial charge in [-0.15, -0.1) is 6.58 Å². The highest BCUT2D eigenvalue weighted by atomic mass is 16.6. The van der Waals surface area contributed by atoms with E-state index in [2.05, 4.69) is 16.9 Å². The van der Waals surface area contributed by atoms with E-state index in [1.54, 1.807) is 26.8 Å². The number of hydrogen-bond donors (Lipinski definition) is 1. The Morgan fingerprint density at radius 2 is 1.95 bits per heavy atom. The maximum atomic E-state index is 13.6. The van der Waals surface area contributed by atoms with E-state index in [4.69, 9.17) is 22.1 Å². The number of ether oxygens (including phenoxy) is 3. The van der Waals surface area contributed by atoms with Gasteiger partial charge in [0.05, 0.1) is 27.0 Å². The second-order valence-electron chi connectivity index (χ2n) is 11.9. The van der Waals surface area contributed by atoms with Crippen LogP contribution in [0.2, 0.25) is 6.32 Å². The van der Waals surface area contributed by atoms with Gasteiger partial charge in [-0.3, -0.25) is 14.5 Å². The molecule has 0 bridgehead atoms. The first-order valence-corrected chi connectivity index (χ1v) is 13.8. The number of pyridine rings is 1. The molecule has 1 aromatic heterocycles. The summed E-state index contributed by atoms with van der Waals surface area (Å²) in [6.07, 6.45) is 0.504. The van der Waals surface area contributed by atoms with Crippen molar-refractivity contribution in [1.82, 2.24) is 15.2 Å². The number of nitrogens with one attached hydrogen (secondary N) is 1. The maximum Gasteiger partial charge on any atom is 0.411 e. The molecule has 2 fully saturated rings. The largest absolute Gasteiger partial charge is 0.488 e. The van der Waals surface area contributed by atoms with Gasteiger partial charge in [-0.2, -0.15) is 0 Å². The van der Waals surface area contributed by atoms with Gasteiger partial charge in [0.15, 0.2) is 5.78 Å². The molecular formula is C30H37BN4O7. The van der Waals surface area contributed by atoms with E-state index < -0.39 is 41.3 Å². The molecule has 0 spiro atoms. The summed E-state index contributed by atoms with van der Waals surface area (Å²) in [5, 5.41) is 3.46. The SMILES string of the molecule is [B]CC(=O)c1cc(O[C@@H]2C[C@@H](C(=O)N[C@]3(C(=O)OC)C[C@H]3C=C)N(C(=O)OC(C)(C)C)C2)c2ccc(N(C)C)cc2n1. The van der Waals surface area contributed by atoms with Gasteiger partial charge in [-0.05, 0) is 51.7 Å². The Kier molecular flexibility index (Phi) is 8.57. The van der Waals surface area contributed by atoms with Crippen molar-refractivity contribution in [1.29, 1.82) is 0 Å². The normalized spacial score (nSPS) is 23.2. The standard InChI is InChI=1S/C30H37BN4O7/c1-8-17-14-30(17,27(38)40-7)33-26(37)23-12-19(16-35(23)28(39)42-29(2,3)4)41-25-13-22(24(36)15-31)32-21-11-18(34(5)6)9-10-20(21)25/h8-11,13,17,19,23H,1,12,14-16H2,2-7H3,(H,33,37)/t17-,19-,23+,30-/m1/s1. The number of hydrogen-bond acceptors (Lipinski definition) is 9. The Morgan fingerprint density at radius 1 is 1.24 bits per heavy atom. The molecule has 1 aliphatic carbocycles. The average molecular weight is 576 g/mol. The van der Waals surface area contributed by atoms with Gasteiger partial charge >= 0.3 is 12.1 Å². The van der Waals surface area contributed by atoms with E-state index in [1.807, 2.05) is 37.2 Å². The lowest BCUT2D eigenvalue weighted by molar-refractivity contribution is -0.147. The number of fused-ring (bicyclic) bond motifs is 1. The van der Waals surface area contributed by atoms with Gasteiger partial charge < -0.3 is 24.4 Å². The summed E-state index contributed by atoms with van der Waals surface area (Å²) in [6.45, 7) is 8.97. The van der Waals surface area contributed by atoms with Crippen molar-refractivity contribution in [2.24, 2.45) is 5.92 Å². The van der Waals surface area contributed by atoms with Crippen molar-refractivity contribution in [3.05, 3.63) is 42.6 Å². The Bertz CT molecular complexity index is 1420. The summed E-state index contributed by atoms with van der Waals surface area (Å²) < 4.78 is 16.9. The number of likely N-dealkylation sites (tertiary alicyclic amines) is 1. The Morgan fingerprint density at radius 3 is 2.52 bits per heavy atom. The molecule has 2 heterocycles. The molecule has 12 heteroatoms. The topological polar surface area (TPSA) is 127 Å². The predicted octanol–water partition coefficient (Wildman–Crippen LogP) is 3.06. The number of amides is 2. The van der Waals surface area contributed by atoms with Crippen LogP contribution in [0.25, 0.3) is 10.9 Å². The van der Waals surface area contributed by atoms with Crippen LogP contribution in [0.1, 0.15) is 44.1 Å². The van der Waals surface area contributed by atoms with Crippen LogP contribution in [-0.4, -0.2) is 92.5 Å². The van der Waals surface area contributed by atoms with Crippen LogP contribution >= 0.6 is 0 Å². The fourth-order valence-electron chi connectivity index (χ4n) is 5.13. The molecule has 1 N–H and O–H groups in total. The number of esters is 1. The van der Waals surface area contributed by atoms with E-state index in [0.717, 1.165) is 5.69 Å². The molecule has 0 unspecified atom stereocenters. The van der Waals surface area contributed by atoms with Crippen molar-refractivity contribution in [2.45, 2.75) is 63.2 Å². The number of carbonyl (C=O) groups excluding carboxylic acids is 4. The maximum absolute atomic E-state index is 13.6. The molecular weight excluding hydrogens is 539 g/mol. The zero-order chi connectivity index (χ0) is 31.0. The number of ketones is 1. The predicted molar refractivity (Wildman–Crippen MR) is 158 cm³/mol. The van der Waals surface area contributed by atoms with E-state index in [9.17, 15) is 19.2 Å². The number of methoxy groups -OCH3 is 1. The zero-order valence-corrected chi connectivity index (χ0v) is 24.9. The number of anilines is 1. The van der Waals surface area contributed by atoms with Crippen molar-refractivity contribution in [2.75, 3.05) is 32.6 Å². The van der Waals surface area contributed by atoms with Crippen LogP contribution in [0.5, 0.6) is 5.75 Å². The molecule has 1 aromatic carbocycles. The Labute approximate surface area is 247 Å².